The van der Waals surface area contributed by atoms with Crippen LogP contribution in [0.5, 0.6) is 0 Å². The first-order valence-electron chi connectivity index (χ1n) is 14.5. The first-order chi connectivity index (χ1) is 19.9. The maximum absolute atomic E-state index is 13.7. The van der Waals surface area contributed by atoms with Gasteiger partial charge in [-0.2, -0.15) is 0 Å². The van der Waals surface area contributed by atoms with Gasteiger partial charge in [-0.25, -0.2) is 9.48 Å². The van der Waals surface area contributed by atoms with E-state index in [0.29, 0.717) is 54.2 Å². The summed E-state index contributed by atoms with van der Waals surface area (Å²) in [5.74, 6) is -0.0773. The number of amides is 2. The second-order valence-electron chi connectivity index (χ2n) is 12.3. The van der Waals surface area contributed by atoms with Crippen molar-refractivity contribution in [1.29, 1.82) is 0 Å². The molecule has 3 atom stereocenters. The molecule has 2 amide bonds. The molecule has 0 saturated carbocycles. The number of benzene rings is 1. The summed E-state index contributed by atoms with van der Waals surface area (Å²) in [4.78, 5) is 32.3. The van der Waals surface area contributed by atoms with Crippen molar-refractivity contribution in [2.45, 2.75) is 77.7 Å². The van der Waals surface area contributed by atoms with Crippen LogP contribution < -0.4 is 0 Å². The molecule has 0 radical (unpaired) electrons. The molecule has 0 bridgehead atoms. The summed E-state index contributed by atoms with van der Waals surface area (Å²) >= 11 is 12.9. The van der Waals surface area contributed by atoms with E-state index in [9.17, 15) is 9.59 Å². The first kappa shape index (κ1) is 30.4. The third kappa shape index (κ3) is 6.61. The van der Waals surface area contributed by atoms with Crippen LogP contribution in [-0.4, -0.2) is 90.1 Å². The minimum absolute atomic E-state index is 0.0233. The number of piperazine rings is 1. The van der Waals surface area contributed by atoms with Gasteiger partial charge in [-0.3, -0.25) is 9.69 Å². The van der Waals surface area contributed by atoms with Gasteiger partial charge in [0.15, 0.2) is 0 Å². The molecule has 2 saturated heterocycles. The van der Waals surface area contributed by atoms with Crippen LogP contribution in [0.1, 0.15) is 69.7 Å². The van der Waals surface area contributed by atoms with Crippen LogP contribution in [0.25, 0.3) is 5.69 Å². The normalized spacial score (nSPS) is 21.9. The number of halogens is 2. The smallest absolute Gasteiger partial charge is 0.410 e. The largest absolute Gasteiger partial charge is 0.444 e. The zero-order valence-corrected chi connectivity index (χ0v) is 26.3. The van der Waals surface area contributed by atoms with Gasteiger partial charge in [-0.15, -0.1) is 5.10 Å². The predicted molar refractivity (Wildman–Crippen MR) is 162 cm³/mol. The fraction of sp³-hybridized carbons (Fsp3) is 0.533. The highest BCUT2D eigenvalue weighted by Gasteiger charge is 2.35. The molecule has 5 rings (SSSR count). The van der Waals surface area contributed by atoms with Gasteiger partial charge in [0, 0.05) is 51.0 Å². The van der Waals surface area contributed by atoms with Crippen molar-refractivity contribution in [2.24, 2.45) is 0 Å². The molecule has 226 valence electrons. The third-order valence-corrected chi connectivity index (χ3v) is 8.47. The van der Waals surface area contributed by atoms with E-state index in [2.05, 4.69) is 29.1 Å². The number of ether oxygens (including phenoxy) is 1. The third-order valence-electron chi connectivity index (χ3n) is 7.86. The molecule has 2 aromatic heterocycles. The Labute approximate surface area is 257 Å². The Bertz CT molecular complexity index is 1400. The average molecular weight is 617 g/mol. The molecule has 42 heavy (non-hydrogen) atoms. The molecule has 3 aromatic rings. The van der Waals surface area contributed by atoms with Crippen LogP contribution >= 0.6 is 23.2 Å². The van der Waals surface area contributed by atoms with Gasteiger partial charge in [-0.1, -0.05) is 34.5 Å². The van der Waals surface area contributed by atoms with Crippen molar-refractivity contribution >= 4 is 35.2 Å². The number of rotatable bonds is 5. The van der Waals surface area contributed by atoms with E-state index in [4.69, 9.17) is 27.9 Å². The Balaban J connectivity index is 1.23. The second-order valence-corrected chi connectivity index (χ2v) is 13.1. The standard InChI is InChI=1S/C30H39Cl2N7O3/c1-20-15-36(29(41)42-30(3,4)5)16-21(2)38(20)17-22-18-39(34-33-22)23-9-7-13-35(19-23)28(40)26-12-8-14-37(26)27-24(31)10-6-11-25(27)32/h6,8,10-12,14,18,20-21,23H,7,9,13,15-17,19H2,1-5H3/t20-,21+,23?. The number of hydrogen-bond acceptors (Lipinski definition) is 6. The number of para-hydroxylation sites is 1. The van der Waals surface area contributed by atoms with E-state index in [-0.39, 0.29) is 30.1 Å². The minimum Gasteiger partial charge on any atom is -0.444 e. The second kappa shape index (κ2) is 12.3. The molecule has 1 aromatic carbocycles. The van der Waals surface area contributed by atoms with Gasteiger partial charge in [0.1, 0.15) is 11.3 Å². The van der Waals surface area contributed by atoms with E-state index < -0.39 is 5.60 Å². The van der Waals surface area contributed by atoms with Crippen molar-refractivity contribution in [2.75, 3.05) is 26.2 Å². The van der Waals surface area contributed by atoms with Crippen LogP contribution in [0, 0.1) is 0 Å². The first-order valence-corrected chi connectivity index (χ1v) is 15.2. The molecule has 0 aliphatic carbocycles. The molecule has 1 unspecified atom stereocenters. The predicted octanol–water partition coefficient (Wildman–Crippen LogP) is 5.68. The fourth-order valence-corrected chi connectivity index (χ4v) is 6.46. The van der Waals surface area contributed by atoms with Crippen molar-refractivity contribution < 1.29 is 14.3 Å². The Morgan fingerprint density at radius 1 is 1.00 bits per heavy atom. The Hall–Kier alpha value is -3.08. The number of hydrogen-bond donors (Lipinski definition) is 0. The molecule has 0 spiro atoms. The lowest BCUT2D eigenvalue weighted by Crippen LogP contribution is -2.58. The van der Waals surface area contributed by atoms with E-state index in [0.717, 1.165) is 18.5 Å². The van der Waals surface area contributed by atoms with Crippen LogP contribution in [0.15, 0.2) is 42.7 Å². The van der Waals surface area contributed by atoms with Gasteiger partial charge in [0.25, 0.3) is 5.91 Å². The lowest BCUT2D eigenvalue weighted by Gasteiger charge is -2.44. The topological polar surface area (TPSA) is 88.7 Å². The summed E-state index contributed by atoms with van der Waals surface area (Å²) < 4.78 is 9.24. The Morgan fingerprint density at radius 2 is 1.69 bits per heavy atom. The highest BCUT2D eigenvalue weighted by atomic mass is 35.5. The number of carbonyl (C=O) groups is 2. The lowest BCUT2D eigenvalue weighted by molar-refractivity contribution is -0.00997. The summed E-state index contributed by atoms with van der Waals surface area (Å²) in [6, 6.07) is 9.23. The fourth-order valence-electron chi connectivity index (χ4n) is 5.88. The average Bonchev–Trinajstić information content (AvgIpc) is 3.59. The van der Waals surface area contributed by atoms with Crippen molar-refractivity contribution in [1.82, 2.24) is 34.3 Å². The van der Waals surface area contributed by atoms with E-state index in [1.807, 2.05) is 42.6 Å². The summed E-state index contributed by atoms with van der Waals surface area (Å²) in [6.45, 7) is 12.9. The molecular weight excluding hydrogens is 577 g/mol. The molecule has 2 aliphatic rings. The molecule has 10 nitrogen and oxygen atoms in total. The van der Waals surface area contributed by atoms with Crippen LogP contribution in [0.4, 0.5) is 4.79 Å². The summed E-state index contributed by atoms with van der Waals surface area (Å²) in [5.41, 5.74) is 1.45. The minimum atomic E-state index is -0.522. The molecule has 0 N–H and O–H groups in total. The maximum Gasteiger partial charge on any atom is 0.410 e. The zero-order chi connectivity index (χ0) is 30.2. The van der Waals surface area contributed by atoms with Crippen molar-refractivity contribution in [3.8, 4) is 5.69 Å². The maximum atomic E-state index is 13.7. The van der Waals surface area contributed by atoms with Gasteiger partial charge in [-0.05, 0) is 71.7 Å². The number of likely N-dealkylation sites (tertiary alicyclic amines) is 1. The highest BCUT2D eigenvalue weighted by molar-refractivity contribution is 6.37. The van der Waals surface area contributed by atoms with Gasteiger partial charge < -0.3 is 19.1 Å². The summed E-state index contributed by atoms with van der Waals surface area (Å²) in [6.07, 6.45) is 5.29. The van der Waals surface area contributed by atoms with E-state index >= 15 is 0 Å². The van der Waals surface area contributed by atoms with Gasteiger partial charge >= 0.3 is 6.09 Å². The Morgan fingerprint density at radius 3 is 2.36 bits per heavy atom. The quantitative estimate of drug-likeness (QED) is 0.367. The van der Waals surface area contributed by atoms with Crippen molar-refractivity contribution in [3.05, 3.63) is 64.2 Å². The van der Waals surface area contributed by atoms with E-state index in [1.165, 1.54) is 0 Å². The highest BCUT2D eigenvalue weighted by Crippen LogP contribution is 2.31. The van der Waals surface area contributed by atoms with Crippen LogP contribution in [-0.2, 0) is 11.3 Å². The molecule has 2 fully saturated rings. The zero-order valence-electron chi connectivity index (χ0n) is 24.8. The van der Waals surface area contributed by atoms with Gasteiger partial charge in [0.2, 0.25) is 0 Å². The SMILES string of the molecule is C[C@@H]1CN(C(=O)OC(C)(C)C)C[C@H](C)N1Cc1cn(C2CCCN(C(=O)c3cccn3-c3c(Cl)cccc3Cl)C2)nn1. The molecule has 4 heterocycles. The molecule has 2 aliphatic heterocycles. The number of nitrogens with zero attached hydrogens (tertiary/aromatic N) is 7. The monoisotopic (exact) mass is 615 g/mol. The summed E-state index contributed by atoms with van der Waals surface area (Å²) in [5, 5.41) is 9.90. The van der Waals surface area contributed by atoms with Crippen LogP contribution in [0.3, 0.4) is 0 Å². The Kier molecular flexibility index (Phi) is 8.87. The molecular formula is C30H39Cl2N7O3. The number of carbonyl (C=O) groups excluding carboxylic acids is 2. The lowest BCUT2D eigenvalue weighted by atomic mass is 10.1. The number of piperidine rings is 1. The van der Waals surface area contributed by atoms with Crippen LogP contribution in [0.2, 0.25) is 10.0 Å². The summed E-state index contributed by atoms with van der Waals surface area (Å²) in [7, 11) is 0. The van der Waals surface area contributed by atoms with E-state index in [1.54, 1.807) is 39.9 Å². The number of aromatic nitrogens is 4. The van der Waals surface area contributed by atoms with Crippen molar-refractivity contribution in [3.63, 3.8) is 0 Å². The molecule has 12 heteroatoms. The van der Waals surface area contributed by atoms with Gasteiger partial charge in [0.05, 0.1) is 33.7 Å².